The number of urea groups is 1. The number of anilines is 2. The van der Waals surface area contributed by atoms with E-state index in [1.807, 2.05) is 31.2 Å². The third-order valence-corrected chi connectivity index (χ3v) is 4.83. The fourth-order valence-electron chi connectivity index (χ4n) is 3.00. The summed E-state index contributed by atoms with van der Waals surface area (Å²) in [5, 5.41) is 18.7. The number of amides is 2. The van der Waals surface area contributed by atoms with Crippen molar-refractivity contribution in [3.63, 3.8) is 0 Å². The highest BCUT2D eigenvalue weighted by atomic mass is 35.5. The van der Waals surface area contributed by atoms with Crippen molar-refractivity contribution in [2.45, 2.75) is 19.4 Å². The summed E-state index contributed by atoms with van der Waals surface area (Å²) in [6.45, 7) is 3.44. The van der Waals surface area contributed by atoms with Crippen LogP contribution >= 0.6 is 11.6 Å². The number of hydrogen-bond donors (Lipinski definition) is 2. The summed E-state index contributed by atoms with van der Waals surface area (Å²) in [7, 11) is 0. The number of halogens is 1. The smallest absolute Gasteiger partial charge is 0.319 e. The van der Waals surface area contributed by atoms with Crippen molar-refractivity contribution in [1.29, 1.82) is 0 Å². The SMILES string of the molecule is Cc1ccc(NC(=O)N[C@H]2CCN(c3ccc4nncn4n3)C2)cc1Cl. The van der Waals surface area contributed by atoms with Crippen molar-refractivity contribution in [2.75, 3.05) is 23.3 Å². The fraction of sp³-hybridized carbons (Fsp3) is 0.294. The maximum atomic E-state index is 12.2. The number of hydrogen-bond acceptors (Lipinski definition) is 5. The largest absolute Gasteiger partial charge is 0.353 e. The molecule has 1 aliphatic rings. The second-order valence-electron chi connectivity index (χ2n) is 6.32. The van der Waals surface area contributed by atoms with Gasteiger partial charge in [0.1, 0.15) is 12.1 Å². The summed E-state index contributed by atoms with van der Waals surface area (Å²) >= 11 is 6.09. The number of carbonyl (C=O) groups is 1. The zero-order valence-corrected chi connectivity index (χ0v) is 14.9. The Hall–Kier alpha value is -2.87. The van der Waals surface area contributed by atoms with Crippen molar-refractivity contribution in [3.05, 3.63) is 47.2 Å². The van der Waals surface area contributed by atoms with Crippen LogP contribution in [-0.2, 0) is 0 Å². The highest BCUT2D eigenvalue weighted by molar-refractivity contribution is 6.31. The quantitative estimate of drug-likeness (QED) is 0.738. The molecule has 0 unspecified atom stereocenters. The maximum Gasteiger partial charge on any atom is 0.319 e. The van der Waals surface area contributed by atoms with Crippen LogP contribution in [-0.4, -0.2) is 45.0 Å². The summed E-state index contributed by atoms with van der Waals surface area (Å²) in [5.74, 6) is 0.840. The third-order valence-electron chi connectivity index (χ3n) is 4.42. The zero-order valence-electron chi connectivity index (χ0n) is 14.2. The van der Waals surface area contributed by atoms with Crippen LogP contribution in [0.4, 0.5) is 16.3 Å². The molecular weight excluding hydrogens is 354 g/mol. The molecule has 0 aliphatic carbocycles. The number of nitrogens with zero attached hydrogens (tertiary/aromatic N) is 5. The van der Waals surface area contributed by atoms with E-state index in [9.17, 15) is 4.79 Å². The molecule has 4 rings (SSSR count). The van der Waals surface area contributed by atoms with Crippen LogP contribution in [0.15, 0.2) is 36.7 Å². The van der Waals surface area contributed by atoms with E-state index >= 15 is 0 Å². The number of aromatic nitrogens is 4. The number of aryl methyl sites for hydroxylation is 1. The molecule has 0 bridgehead atoms. The minimum absolute atomic E-state index is 0.0503. The normalized spacial score (nSPS) is 16.8. The Morgan fingerprint density at radius 1 is 1.31 bits per heavy atom. The van der Waals surface area contributed by atoms with E-state index in [0.717, 1.165) is 24.3 Å². The molecule has 1 fully saturated rings. The summed E-state index contributed by atoms with van der Waals surface area (Å²) in [6.07, 6.45) is 2.43. The van der Waals surface area contributed by atoms with Gasteiger partial charge in [-0.15, -0.1) is 15.3 Å². The Balaban J connectivity index is 1.36. The van der Waals surface area contributed by atoms with Crippen LogP contribution in [0.5, 0.6) is 0 Å². The van der Waals surface area contributed by atoms with Gasteiger partial charge >= 0.3 is 6.03 Å². The van der Waals surface area contributed by atoms with Crippen molar-refractivity contribution >= 4 is 34.8 Å². The first-order chi connectivity index (χ1) is 12.6. The molecule has 1 aromatic carbocycles. The average Bonchev–Trinajstić information content (AvgIpc) is 3.26. The van der Waals surface area contributed by atoms with E-state index in [2.05, 4.69) is 30.8 Å². The van der Waals surface area contributed by atoms with Crippen molar-refractivity contribution in [2.24, 2.45) is 0 Å². The molecule has 3 heterocycles. The molecule has 0 radical (unpaired) electrons. The molecule has 0 saturated carbocycles. The molecule has 1 aliphatic heterocycles. The predicted molar refractivity (Wildman–Crippen MR) is 99.7 cm³/mol. The number of rotatable bonds is 3. The highest BCUT2D eigenvalue weighted by Gasteiger charge is 2.25. The van der Waals surface area contributed by atoms with Gasteiger partial charge < -0.3 is 15.5 Å². The lowest BCUT2D eigenvalue weighted by atomic mass is 10.2. The van der Waals surface area contributed by atoms with Crippen LogP contribution in [0.1, 0.15) is 12.0 Å². The van der Waals surface area contributed by atoms with Gasteiger partial charge in [-0.1, -0.05) is 17.7 Å². The second-order valence-corrected chi connectivity index (χ2v) is 6.73. The lowest BCUT2D eigenvalue weighted by Crippen LogP contribution is -2.39. The van der Waals surface area contributed by atoms with Crippen molar-refractivity contribution < 1.29 is 4.79 Å². The fourth-order valence-corrected chi connectivity index (χ4v) is 3.18. The summed E-state index contributed by atoms with van der Waals surface area (Å²) in [5.41, 5.74) is 2.35. The number of benzene rings is 1. The van der Waals surface area contributed by atoms with Crippen molar-refractivity contribution in [1.82, 2.24) is 25.1 Å². The molecule has 8 nitrogen and oxygen atoms in total. The molecule has 2 N–H and O–H groups in total. The average molecular weight is 372 g/mol. The molecule has 1 saturated heterocycles. The van der Waals surface area contributed by atoms with Gasteiger partial charge in [-0.05, 0) is 43.2 Å². The Morgan fingerprint density at radius 3 is 3.04 bits per heavy atom. The molecule has 3 aromatic rings. The molecule has 134 valence electrons. The van der Waals surface area contributed by atoms with Gasteiger partial charge in [-0.2, -0.15) is 4.52 Å². The predicted octanol–water partition coefficient (Wildman–Crippen LogP) is 2.49. The molecule has 0 spiro atoms. The second kappa shape index (κ2) is 6.80. The van der Waals surface area contributed by atoms with E-state index < -0.39 is 0 Å². The van der Waals surface area contributed by atoms with Gasteiger partial charge in [0.15, 0.2) is 5.65 Å². The van der Waals surface area contributed by atoms with Gasteiger partial charge in [0.25, 0.3) is 0 Å². The summed E-state index contributed by atoms with van der Waals surface area (Å²) in [6, 6.07) is 9.07. The molecule has 1 atom stereocenters. The minimum Gasteiger partial charge on any atom is -0.353 e. The molecule has 2 aromatic heterocycles. The van der Waals surface area contributed by atoms with E-state index in [-0.39, 0.29) is 12.1 Å². The van der Waals surface area contributed by atoms with E-state index in [1.54, 1.807) is 16.9 Å². The monoisotopic (exact) mass is 371 g/mol. The van der Waals surface area contributed by atoms with Gasteiger partial charge in [0.2, 0.25) is 0 Å². The number of carbonyl (C=O) groups excluding carboxylic acids is 1. The summed E-state index contributed by atoms with van der Waals surface area (Å²) in [4.78, 5) is 14.4. The Morgan fingerprint density at radius 2 is 2.19 bits per heavy atom. The lowest BCUT2D eigenvalue weighted by molar-refractivity contribution is 0.249. The molecule has 9 heteroatoms. The van der Waals surface area contributed by atoms with Crippen LogP contribution in [0.3, 0.4) is 0 Å². The Kier molecular flexibility index (Phi) is 4.34. The number of fused-ring (bicyclic) bond motifs is 1. The van der Waals surface area contributed by atoms with E-state index in [4.69, 9.17) is 11.6 Å². The number of nitrogens with one attached hydrogen (secondary N) is 2. The first-order valence-electron chi connectivity index (χ1n) is 8.34. The van der Waals surface area contributed by atoms with Crippen LogP contribution in [0, 0.1) is 6.92 Å². The van der Waals surface area contributed by atoms with Crippen LogP contribution in [0.2, 0.25) is 5.02 Å². The van der Waals surface area contributed by atoms with Gasteiger partial charge in [-0.3, -0.25) is 0 Å². The molecule has 26 heavy (non-hydrogen) atoms. The van der Waals surface area contributed by atoms with Gasteiger partial charge in [-0.25, -0.2) is 4.79 Å². The topological polar surface area (TPSA) is 87.5 Å². The van der Waals surface area contributed by atoms with Crippen LogP contribution < -0.4 is 15.5 Å². The third kappa shape index (κ3) is 3.41. The standard InChI is InChI=1S/C17H18ClN7O/c1-11-2-3-12(8-14(11)18)20-17(26)21-13-6-7-24(9-13)16-5-4-15-22-19-10-25(15)23-16/h2-5,8,10,13H,6-7,9H2,1H3,(H2,20,21,26)/t13-/m0/s1. The Labute approximate surface area is 155 Å². The van der Waals surface area contributed by atoms with Gasteiger partial charge in [0.05, 0.1) is 0 Å². The van der Waals surface area contributed by atoms with Crippen molar-refractivity contribution in [3.8, 4) is 0 Å². The van der Waals surface area contributed by atoms with E-state index in [0.29, 0.717) is 22.9 Å². The first-order valence-corrected chi connectivity index (χ1v) is 8.72. The highest BCUT2D eigenvalue weighted by Crippen LogP contribution is 2.21. The molecular formula is C17H18ClN7O. The van der Waals surface area contributed by atoms with Gasteiger partial charge in [0, 0.05) is 29.8 Å². The van der Waals surface area contributed by atoms with E-state index in [1.165, 1.54) is 0 Å². The zero-order chi connectivity index (χ0) is 18.1. The lowest BCUT2D eigenvalue weighted by Gasteiger charge is -2.18. The van der Waals surface area contributed by atoms with Crippen LogP contribution in [0.25, 0.3) is 5.65 Å². The molecule has 2 amide bonds. The summed E-state index contributed by atoms with van der Waals surface area (Å²) < 4.78 is 1.64. The minimum atomic E-state index is -0.237. The first kappa shape index (κ1) is 16.6. The Bertz CT molecular complexity index is 957. The maximum absolute atomic E-state index is 12.2.